The van der Waals surface area contributed by atoms with Crippen molar-refractivity contribution in [2.24, 2.45) is 0 Å². The number of rotatable bonds is 4. The number of fused-ring (bicyclic) bond motifs is 1. The Bertz CT molecular complexity index is 1030. The van der Waals surface area contributed by atoms with Gasteiger partial charge in [-0.1, -0.05) is 28.1 Å². The number of halogens is 1. The number of hydrogen-bond acceptors (Lipinski definition) is 4. The van der Waals surface area contributed by atoms with Gasteiger partial charge in [0, 0.05) is 23.6 Å². The van der Waals surface area contributed by atoms with Crippen molar-refractivity contribution in [1.29, 1.82) is 0 Å². The lowest BCUT2D eigenvalue weighted by molar-refractivity contribution is -0.116. The fourth-order valence-electron chi connectivity index (χ4n) is 3.19. The van der Waals surface area contributed by atoms with E-state index < -0.39 is 21.5 Å². The maximum absolute atomic E-state index is 13.0. The molecule has 27 heavy (non-hydrogen) atoms. The summed E-state index contributed by atoms with van der Waals surface area (Å²) in [6, 6.07) is 10.4. The maximum atomic E-state index is 13.0. The molecule has 0 bridgehead atoms. The van der Waals surface area contributed by atoms with Crippen LogP contribution in [0, 0.1) is 6.92 Å². The van der Waals surface area contributed by atoms with Crippen LogP contribution in [0.3, 0.4) is 0 Å². The summed E-state index contributed by atoms with van der Waals surface area (Å²) in [4.78, 5) is 25.7. The van der Waals surface area contributed by atoms with E-state index in [1.54, 1.807) is 18.2 Å². The fourth-order valence-corrected chi connectivity index (χ4v) is 5.26. The van der Waals surface area contributed by atoms with E-state index in [4.69, 9.17) is 0 Å². The number of anilines is 2. The fraction of sp³-hybridized carbons (Fsp3) is 0.263. The summed E-state index contributed by atoms with van der Waals surface area (Å²) in [6.45, 7) is 3.71. The summed E-state index contributed by atoms with van der Waals surface area (Å²) >= 11 is 3.32. The van der Waals surface area contributed by atoms with E-state index in [0.29, 0.717) is 28.8 Å². The van der Waals surface area contributed by atoms with Crippen LogP contribution in [0.4, 0.5) is 11.4 Å². The van der Waals surface area contributed by atoms with E-state index in [1.807, 2.05) is 19.1 Å². The van der Waals surface area contributed by atoms with Crippen LogP contribution < -0.4 is 10.2 Å². The molecule has 2 amide bonds. The number of aryl methyl sites for hydroxylation is 1. The van der Waals surface area contributed by atoms with Crippen molar-refractivity contribution in [3.63, 3.8) is 0 Å². The first-order chi connectivity index (χ1) is 12.7. The molecular weight excluding hydrogens is 432 g/mol. The first kappa shape index (κ1) is 19.6. The average molecular weight is 451 g/mol. The number of nitrogens with zero attached hydrogens (tertiary/aromatic N) is 1. The highest BCUT2D eigenvalue weighted by Gasteiger charge is 2.32. The first-order valence-electron chi connectivity index (χ1n) is 8.37. The van der Waals surface area contributed by atoms with Crippen LogP contribution in [0.25, 0.3) is 0 Å². The molecular formula is C19H19BrN2O4S. The van der Waals surface area contributed by atoms with Gasteiger partial charge in [-0.3, -0.25) is 9.59 Å². The molecule has 1 aliphatic rings. The van der Waals surface area contributed by atoms with E-state index in [-0.39, 0.29) is 10.8 Å². The largest absolute Gasteiger partial charge is 0.325 e. The summed E-state index contributed by atoms with van der Waals surface area (Å²) in [6.07, 6.45) is 0.576. The smallest absolute Gasteiger partial charge is 0.239 e. The predicted octanol–water partition coefficient (Wildman–Crippen LogP) is 3.08. The second kappa shape index (κ2) is 7.44. The molecule has 3 rings (SSSR count). The number of sulfone groups is 1. The summed E-state index contributed by atoms with van der Waals surface area (Å²) in [7, 11) is -3.94. The Morgan fingerprint density at radius 3 is 2.63 bits per heavy atom. The molecule has 0 aliphatic carbocycles. The van der Waals surface area contributed by atoms with Crippen LogP contribution >= 0.6 is 15.9 Å². The van der Waals surface area contributed by atoms with Gasteiger partial charge in [-0.05, 0) is 48.7 Å². The number of carbonyl (C=O) groups is 2. The maximum Gasteiger partial charge on any atom is 0.239 e. The molecule has 0 radical (unpaired) electrons. The summed E-state index contributed by atoms with van der Waals surface area (Å²) in [5, 5.41) is 2.61. The Balaban J connectivity index is 1.91. The lowest BCUT2D eigenvalue weighted by atomic mass is 10.2. The van der Waals surface area contributed by atoms with Crippen molar-refractivity contribution in [3.8, 4) is 0 Å². The molecule has 8 heteroatoms. The molecule has 0 fully saturated rings. The van der Waals surface area contributed by atoms with Crippen molar-refractivity contribution in [2.45, 2.75) is 25.2 Å². The molecule has 0 atom stereocenters. The zero-order chi connectivity index (χ0) is 19.8. The molecule has 0 spiro atoms. The van der Waals surface area contributed by atoms with Gasteiger partial charge in [0.25, 0.3) is 0 Å². The molecule has 0 aromatic heterocycles. The van der Waals surface area contributed by atoms with Crippen LogP contribution in [0.15, 0.2) is 45.8 Å². The van der Waals surface area contributed by atoms with Crippen molar-refractivity contribution in [1.82, 2.24) is 0 Å². The van der Waals surface area contributed by atoms with Gasteiger partial charge in [0.1, 0.15) is 5.75 Å². The lowest BCUT2D eigenvalue weighted by Crippen LogP contribution is -2.29. The monoisotopic (exact) mass is 450 g/mol. The second-order valence-corrected chi connectivity index (χ2v) is 9.38. The average Bonchev–Trinajstić information content (AvgIpc) is 2.97. The van der Waals surface area contributed by atoms with Crippen LogP contribution in [-0.2, 0) is 25.8 Å². The molecule has 6 nitrogen and oxygen atoms in total. The van der Waals surface area contributed by atoms with E-state index in [1.165, 1.54) is 17.9 Å². The van der Waals surface area contributed by atoms with Gasteiger partial charge < -0.3 is 10.2 Å². The molecule has 142 valence electrons. The van der Waals surface area contributed by atoms with Crippen molar-refractivity contribution in [3.05, 3.63) is 52.0 Å². The van der Waals surface area contributed by atoms with Gasteiger partial charge >= 0.3 is 0 Å². The summed E-state index contributed by atoms with van der Waals surface area (Å²) in [5.41, 5.74) is 2.66. The van der Waals surface area contributed by atoms with Crippen LogP contribution in [0.1, 0.15) is 18.1 Å². The zero-order valence-corrected chi connectivity index (χ0v) is 17.4. The lowest BCUT2D eigenvalue weighted by Gasteiger charge is -2.19. The third-order valence-corrected chi connectivity index (χ3v) is 6.41. The molecule has 0 unspecified atom stereocenters. The van der Waals surface area contributed by atoms with E-state index >= 15 is 0 Å². The molecule has 0 saturated heterocycles. The molecule has 1 heterocycles. The first-order valence-corrected chi connectivity index (χ1v) is 10.8. The van der Waals surface area contributed by atoms with E-state index in [0.717, 1.165) is 11.1 Å². The minimum Gasteiger partial charge on any atom is -0.325 e. The number of benzene rings is 2. The highest BCUT2D eigenvalue weighted by atomic mass is 79.9. The SMILES string of the molecule is CC(=O)N1CCc2cc(Br)cc(S(=O)(=O)CC(=O)Nc3cccc(C)c3)c21. The zero-order valence-electron chi connectivity index (χ0n) is 15.0. The van der Waals surface area contributed by atoms with Crippen molar-refractivity contribution in [2.75, 3.05) is 22.5 Å². The second-order valence-electron chi connectivity index (χ2n) is 6.51. The van der Waals surface area contributed by atoms with Crippen molar-refractivity contribution >= 4 is 49.0 Å². The Morgan fingerprint density at radius 1 is 1.22 bits per heavy atom. The predicted molar refractivity (Wildman–Crippen MR) is 108 cm³/mol. The molecule has 1 N–H and O–H groups in total. The number of hydrogen-bond donors (Lipinski definition) is 1. The van der Waals surface area contributed by atoms with Crippen LogP contribution in [0.5, 0.6) is 0 Å². The Hall–Kier alpha value is -2.19. The Morgan fingerprint density at radius 2 is 1.96 bits per heavy atom. The van der Waals surface area contributed by atoms with Gasteiger partial charge in [0.15, 0.2) is 9.84 Å². The van der Waals surface area contributed by atoms with E-state index in [9.17, 15) is 18.0 Å². The van der Waals surface area contributed by atoms with Gasteiger partial charge in [-0.25, -0.2) is 8.42 Å². The number of nitrogens with one attached hydrogen (secondary N) is 1. The highest BCUT2D eigenvalue weighted by molar-refractivity contribution is 9.10. The minimum absolute atomic E-state index is 0.000956. The van der Waals surface area contributed by atoms with Gasteiger partial charge in [0.2, 0.25) is 11.8 Å². The topological polar surface area (TPSA) is 83.6 Å². The van der Waals surface area contributed by atoms with Gasteiger partial charge in [-0.2, -0.15) is 0 Å². The molecule has 0 saturated carbocycles. The molecule has 2 aromatic carbocycles. The quantitative estimate of drug-likeness (QED) is 0.775. The van der Waals surface area contributed by atoms with Gasteiger partial charge in [0.05, 0.1) is 10.6 Å². The summed E-state index contributed by atoms with van der Waals surface area (Å²) in [5.74, 6) is -1.55. The van der Waals surface area contributed by atoms with E-state index in [2.05, 4.69) is 21.2 Å². The normalized spacial score (nSPS) is 13.4. The van der Waals surface area contributed by atoms with Gasteiger partial charge in [-0.15, -0.1) is 0 Å². The van der Waals surface area contributed by atoms with Crippen LogP contribution in [0.2, 0.25) is 0 Å². The highest BCUT2D eigenvalue weighted by Crippen LogP contribution is 2.38. The number of carbonyl (C=O) groups excluding carboxylic acids is 2. The van der Waals surface area contributed by atoms with Crippen molar-refractivity contribution < 1.29 is 18.0 Å². The third-order valence-electron chi connectivity index (χ3n) is 4.33. The molecule has 2 aromatic rings. The standard InChI is InChI=1S/C19H19BrN2O4S/c1-12-4-3-5-16(8-12)21-18(24)11-27(25,26)17-10-15(20)9-14-6-7-22(13(2)23)19(14)17/h3-5,8-10H,6-7,11H2,1-2H3,(H,21,24). The summed E-state index contributed by atoms with van der Waals surface area (Å²) < 4.78 is 26.5. The van der Waals surface area contributed by atoms with Crippen LogP contribution in [-0.4, -0.2) is 32.5 Å². The number of amides is 2. The Kier molecular flexibility index (Phi) is 5.39. The minimum atomic E-state index is -3.94. The third kappa shape index (κ3) is 4.22. The molecule has 1 aliphatic heterocycles. The Labute approximate surface area is 166 Å².